The summed E-state index contributed by atoms with van der Waals surface area (Å²) in [5, 5.41) is 10.4. The molecule has 3 aromatic carbocycles. The van der Waals surface area contributed by atoms with Gasteiger partial charge in [-0.1, -0.05) is 24.3 Å². The number of para-hydroxylation sites is 1. The Morgan fingerprint density at radius 2 is 1.50 bits per heavy atom. The molecule has 0 saturated carbocycles. The van der Waals surface area contributed by atoms with Gasteiger partial charge in [0.25, 0.3) is 0 Å². The summed E-state index contributed by atoms with van der Waals surface area (Å²) in [5.41, 5.74) is 7.54. The van der Waals surface area contributed by atoms with Crippen LogP contribution in [0.2, 0.25) is 0 Å². The fraction of sp³-hybridized carbons (Fsp3) is 0.324. The maximum Gasteiger partial charge on any atom is 0.340 e. The average molecular weight is 678 g/mol. The van der Waals surface area contributed by atoms with Gasteiger partial charge in [-0.15, -0.1) is 0 Å². The third kappa shape index (κ3) is 6.57. The van der Waals surface area contributed by atoms with Crippen LogP contribution in [0.15, 0.2) is 60.8 Å². The van der Waals surface area contributed by atoms with E-state index in [-0.39, 0.29) is 11.5 Å². The second-order valence-corrected chi connectivity index (χ2v) is 12.3. The number of hydrogen-bond donors (Lipinski definition) is 2. The van der Waals surface area contributed by atoms with Gasteiger partial charge in [0.05, 0.1) is 67.8 Å². The van der Waals surface area contributed by atoms with Crippen LogP contribution in [0.5, 0.6) is 0 Å². The van der Waals surface area contributed by atoms with E-state index in [2.05, 4.69) is 53.6 Å². The number of methoxy groups -OCH3 is 1. The van der Waals surface area contributed by atoms with E-state index < -0.39 is 5.97 Å². The number of imidazole rings is 2. The first-order valence-corrected chi connectivity index (χ1v) is 16.6. The molecule has 2 N–H and O–H groups in total. The van der Waals surface area contributed by atoms with Crippen molar-refractivity contribution in [2.24, 2.45) is 0 Å². The second kappa shape index (κ2) is 14.1. The van der Waals surface area contributed by atoms with Gasteiger partial charge in [-0.2, -0.15) is 0 Å². The molecule has 2 saturated heterocycles. The van der Waals surface area contributed by atoms with Gasteiger partial charge in [-0.3, -0.25) is 4.98 Å². The van der Waals surface area contributed by atoms with Crippen molar-refractivity contribution in [3.05, 3.63) is 89.1 Å². The minimum absolute atomic E-state index is 0.239. The Morgan fingerprint density at radius 3 is 2.18 bits per heavy atom. The van der Waals surface area contributed by atoms with Gasteiger partial charge >= 0.3 is 11.9 Å². The van der Waals surface area contributed by atoms with Crippen molar-refractivity contribution >= 4 is 56.3 Å². The number of carbonyl (C=O) groups excluding carboxylic acids is 1. The number of esters is 1. The Bertz CT molecular complexity index is 2190. The minimum atomic E-state index is -0.952. The summed E-state index contributed by atoms with van der Waals surface area (Å²) in [4.78, 5) is 45.0. The monoisotopic (exact) mass is 677 g/mol. The molecule has 0 amide bonds. The molecule has 0 atom stereocenters. The Hall–Kier alpha value is -5.53. The van der Waals surface area contributed by atoms with Crippen molar-refractivity contribution in [2.45, 2.75) is 20.4 Å². The van der Waals surface area contributed by atoms with E-state index in [1.807, 2.05) is 44.3 Å². The molecule has 2 aliphatic rings. The number of morpholine rings is 2. The predicted octanol–water partition coefficient (Wildman–Crippen LogP) is 4.97. The largest absolute Gasteiger partial charge is 0.478 e. The summed E-state index contributed by atoms with van der Waals surface area (Å²) in [5.74, 6) is 0.229. The molecule has 0 bridgehead atoms. The number of carboxylic acids is 1. The van der Waals surface area contributed by atoms with Crippen molar-refractivity contribution in [1.29, 1.82) is 0 Å². The van der Waals surface area contributed by atoms with Crippen LogP contribution in [-0.4, -0.2) is 101 Å². The summed E-state index contributed by atoms with van der Waals surface area (Å²) in [7, 11) is 1.40. The van der Waals surface area contributed by atoms with Crippen LogP contribution in [0, 0.1) is 13.8 Å². The number of pyridine rings is 1. The summed E-state index contributed by atoms with van der Waals surface area (Å²) < 4.78 is 18.0. The summed E-state index contributed by atoms with van der Waals surface area (Å²) >= 11 is 0. The zero-order valence-corrected chi connectivity index (χ0v) is 28.3. The number of anilines is 2. The predicted molar refractivity (Wildman–Crippen MR) is 191 cm³/mol. The van der Waals surface area contributed by atoms with Gasteiger partial charge < -0.3 is 38.7 Å². The number of nitrogens with one attached hydrogen (secondary N) is 1. The Kier molecular flexibility index (Phi) is 9.33. The SMILES string of the molecule is COC(=O)c1cc(N2CCOCC2)cc2c1nc(C)n2Cc1cccc2cccnc12.Cc1nc2c(C(=O)O)cc(N3CCOCC3)cc2[nH]1. The Balaban J connectivity index is 0.000000176. The van der Waals surface area contributed by atoms with Crippen LogP contribution >= 0.6 is 0 Å². The normalized spacial score (nSPS) is 14.9. The molecule has 0 spiro atoms. The quantitative estimate of drug-likeness (QED) is 0.230. The highest BCUT2D eigenvalue weighted by molar-refractivity contribution is 6.04. The second-order valence-electron chi connectivity index (χ2n) is 12.3. The molecule has 258 valence electrons. The lowest BCUT2D eigenvalue weighted by molar-refractivity contribution is 0.0601. The molecule has 6 aromatic rings. The number of fused-ring (bicyclic) bond motifs is 3. The average Bonchev–Trinajstić information content (AvgIpc) is 3.69. The number of ether oxygens (including phenoxy) is 3. The molecule has 2 aliphatic heterocycles. The Labute approximate surface area is 288 Å². The number of aromatic nitrogens is 5. The van der Waals surface area contributed by atoms with Crippen molar-refractivity contribution < 1.29 is 28.9 Å². The fourth-order valence-corrected chi connectivity index (χ4v) is 6.65. The topological polar surface area (TPSA) is 148 Å². The molecule has 3 aromatic heterocycles. The maximum atomic E-state index is 12.6. The molecule has 0 radical (unpaired) electrons. The molecule has 0 aliphatic carbocycles. The van der Waals surface area contributed by atoms with E-state index in [0.717, 1.165) is 76.7 Å². The first-order valence-electron chi connectivity index (χ1n) is 16.6. The van der Waals surface area contributed by atoms with Crippen LogP contribution in [0.4, 0.5) is 11.4 Å². The summed E-state index contributed by atoms with van der Waals surface area (Å²) in [6.45, 7) is 10.2. The van der Waals surface area contributed by atoms with Crippen molar-refractivity contribution in [2.75, 3.05) is 69.5 Å². The van der Waals surface area contributed by atoms with Crippen molar-refractivity contribution in [1.82, 2.24) is 24.5 Å². The van der Waals surface area contributed by atoms with Crippen molar-refractivity contribution in [3.63, 3.8) is 0 Å². The number of rotatable bonds is 6. The van der Waals surface area contributed by atoms with Gasteiger partial charge in [-0.25, -0.2) is 19.6 Å². The minimum Gasteiger partial charge on any atom is -0.478 e. The summed E-state index contributed by atoms with van der Waals surface area (Å²) in [6, 6.07) is 17.9. The van der Waals surface area contributed by atoms with E-state index in [0.29, 0.717) is 49.6 Å². The maximum absolute atomic E-state index is 12.6. The molecule has 8 rings (SSSR count). The van der Waals surface area contributed by atoms with Gasteiger partial charge in [0.15, 0.2) is 0 Å². The highest BCUT2D eigenvalue weighted by Crippen LogP contribution is 2.30. The highest BCUT2D eigenvalue weighted by atomic mass is 16.5. The van der Waals surface area contributed by atoms with Gasteiger partial charge in [0.1, 0.15) is 22.7 Å². The third-order valence-electron chi connectivity index (χ3n) is 9.15. The van der Waals surface area contributed by atoms with E-state index >= 15 is 0 Å². The van der Waals surface area contributed by atoms with Gasteiger partial charge in [0, 0.05) is 49.1 Å². The number of benzene rings is 3. The first kappa shape index (κ1) is 33.0. The first-order chi connectivity index (χ1) is 24.3. The lowest BCUT2D eigenvalue weighted by Crippen LogP contribution is -2.36. The van der Waals surface area contributed by atoms with E-state index in [9.17, 15) is 14.7 Å². The van der Waals surface area contributed by atoms with Crippen LogP contribution in [0.25, 0.3) is 33.0 Å². The molecule has 5 heterocycles. The number of aryl methyl sites for hydroxylation is 2. The lowest BCUT2D eigenvalue weighted by atomic mass is 10.1. The molecular weight excluding hydrogens is 638 g/mol. The van der Waals surface area contributed by atoms with E-state index in [4.69, 9.17) is 19.2 Å². The fourth-order valence-electron chi connectivity index (χ4n) is 6.65. The molecule has 13 heteroatoms. The number of carbonyl (C=O) groups is 2. The number of aromatic amines is 1. The molecular formula is C37H39N7O6. The Morgan fingerprint density at radius 1 is 0.840 bits per heavy atom. The number of hydrogen-bond acceptors (Lipinski definition) is 10. The smallest absolute Gasteiger partial charge is 0.340 e. The summed E-state index contributed by atoms with van der Waals surface area (Å²) in [6.07, 6.45) is 1.82. The van der Waals surface area contributed by atoms with E-state index in [1.165, 1.54) is 7.11 Å². The lowest BCUT2D eigenvalue weighted by Gasteiger charge is -2.29. The van der Waals surface area contributed by atoms with Crippen LogP contribution in [0.3, 0.4) is 0 Å². The third-order valence-corrected chi connectivity index (χ3v) is 9.15. The van der Waals surface area contributed by atoms with Gasteiger partial charge in [-0.05, 0) is 49.7 Å². The zero-order chi connectivity index (χ0) is 34.8. The van der Waals surface area contributed by atoms with Crippen LogP contribution in [-0.2, 0) is 20.8 Å². The zero-order valence-electron chi connectivity index (χ0n) is 28.3. The number of H-pyrrole nitrogens is 1. The van der Waals surface area contributed by atoms with Crippen LogP contribution in [0.1, 0.15) is 37.9 Å². The molecule has 2 fully saturated rings. The van der Waals surface area contributed by atoms with Crippen LogP contribution < -0.4 is 9.80 Å². The standard InChI is InChI=1S/C24H24N4O3.C13H15N3O3/c1-16-26-23-20(24(29)30-2)13-19(27-9-11-31-12-10-27)14-21(23)28(16)15-18-6-3-5-17-7-4-8-25-22(17)18;1-8-14-11-7-9(16-2-4-19-5-3-16)6-10(13(17)18)12(11)15-8/h3-8,13-14H,9-12,15H2,1-2H3;6-7H,2-5H2,1H3,(H,14,15)(H,17,18). The number of carboxylic acid groups (broad SMARTS) is 1. The molecule has 0 unspecified atom stereocenters. The highest BCUT2D eigenvalue weighted by Gasteiger charge is 2.22. The number of aromatic carboxylic acids is 1. The van der Waals surface area contributed by atoms with E-state index in [1.54, 1.807) is 6.07 Å². The molecule has 50 heavy (non-hydrogen) atoms. The molecule has 13 nitrogen and oxygen atoms in total. The van der Waals surface area contributed by atoms with Gasteiger partial charge in [0.2, 0.25) is 0 Å². The number of nitrogens with zero attached hydrogens (tertiary/aromatic N) is 6. The van der Waals surface area contributed by atoms with Crippen molar-refractivity contribution in [3.8, 4) is 0 Å².